The Hall–Kier alpha value is -1.81. The Balaban J connectivity index is 2.23. The monoisotopic (exact) mass is 276 g/mol. The molecule has 0 aliphatic heterocycles. The van der Waals surface area contributed by atoms with Gasteiger partial charge in [-0.3, -0.25) is 0 Å². The maximum atomic E-state index is 12.0. The van der Waals surface area contributed by atoms with E-state index in [0.717, 1.165) is 17.5 Å². The molecule has 0 fully saturated rings. The zero-order valence-corrected chi connectivity index (χ0v) is 11.8. The summed E-state index contributed by atoms with van der Waals surface area (Å²) in [6.07, 6.45) is 0.908. The third-order valence-electron chi connectivity index (χ3n) is 2.85. The van der Waals surface area contributed by atoms with E-state index in [9.17, 15) is 8.42 Å². The molecule has 0 atom stereocenters. The van der Waals surface area contributed by atoms with Gasteiger partial charge in [-0.1, -0.05) is 36.8 Å². The van der Waals surface area contributed by atoms with E-state index in [1.54, 1.807) is 36.4 Å². The van der Waals surface area contributed by atoms with Crippen molar-refractivity contribution in [2.45, 2.75) is 25.2 Å². The molecular weight excluding hydrogens is 260 g/mol. The van der Waals surface area contributed by atoms with E-state index in [-0.39, 0.29) is 4.90 Å². The van der Waals surface area contributed by atoms with Gasteiger partial charge in [0.1, 0.15) is 10.6 Å². The standard InChI is InChI=1S/C15H16O3S/c1-3-13-6-8-14(9-7-13)18-19(16,17)15-10-4-12(2)5-11-15/h4-11H,3H2,1-2H3. The molecule has 0 amide bonds. The Morgan fingerprint density at radius 3 is 2.05 bits per heavy atom. The first-order valence-electron chi connectivity index (χ1n) is 6.11. The topological polar surface area (TPSA) is 43.4 Å². The summed E-state index contributed by atoms with van der Waals surface area (Å²) in [5, 5.41) is 0. The number of aryl methyl sites for hydroxylation is 2. The molecule has 0 saturated carbocycles. The second-order valence-corrected chi connectivity index (χ2v) is 5.89. The first-order valence-corrected chi connectivity index (χ1v) is 7.52. The number of hydrogen-bond acceptors (Lipinski definition) is 3. The van der Waals surface area contributed by atoms with Crippen molar-refractivity contribution in [3.63, 3.8) is 0 Å². The van der Waals surface area contributed by atoms with Gasteiger partial charge in [0.2, 0.25) is 0 Å². The van der Waals surface area contributed by atoms with Crippen LogP contribution in [-0.4, -0.2) is 8.42 Å². The molecule has 0 aromatic heterocycles. The molecule has 0 aliphatic rings. The molecule has 0 N–H and O–H groups in total. The lowest BCUT2D eigenvalue weighted by Gasteiger charge is -2.07. The van der Waals surface area contributed by atoms with Crippen LogP contribution >= 0.6 is 0 Å². The average molecular weight is 276 g/mol. The zero-order valence-electron chi connectivity index (χ0n) is 11.0. The third kappa shape index (κ3) is 3.35. The highest BCUT2D eigenvalue weighted by molar-refractivity contribution is 7.87. The van der Waals surface area contributed by atoms with Gasteiger partial charge in [0.15, 0.2) is 0 Å². The smallest absolute Gasteiger partial charge is 0.339 e. The summed E-state index contributed by atoms with van der Waals surface area (Å²) < 4.78 is 29.2. The van der Waals surface area contributed by atoms with E-state index >= 15 is 0 Å². The highest BCUT2D eigenvalue weighted by Gasteiger charge is 2.16. The number of hydrogen-bond donors (Lipinski definition) is 0. The fraction of sp³-hybridized carbons (Fsp3) is 0.200. The van der Waals surface area contributed by atoms with Gasteiger partial charge in [0.05, 0.1) is 0 Å². The highest BCUT2D eigenvalue weighted by atomic mass is 32.2. The molecule has 0 spiro atoms. The summed E-state index contributed by atoms with van der Waals surface area (Å²) >= 11 is 0. The summed E-state index contributed by atoms with van der Waals surface area (Å²) in [6.45, 7) is 3.94. The van der Waals surface area contributed by atoms with Crippen LogP contribution in [0.5, 0.6) is 5.75 Å². The van der Waals surface area contributed by atoms with Crippen molar-refractivity contribution in [1.82, 2.24) is 0 Å². The van der Waals surface area contributed by atoms with E-state index in [1.165, 1.54) is 0 Å². The summed E-state index contributed by atoms with van der Waals surface area (Å²) in [5.41, 5.74) is 2.14. The third-order valence-corrected chi connectivity index (χ3v) is 4.11. The minimum Gasteiger partial charge on any atom is -0.379 e. The molecule has 100 valence electrons. The van der Waals surface area contributed by atoms with Gasteiger partial charge < -0.3 is 4.18 Å². The zero-order chi connectivity index (χ0) is 13.9. The van der Waals surface area contributed by atoms with Gasteiger partial charge in [0, 0.05) is 0 Å². The molecule has 2 aromatic carbocycles. The highest BCUT2D eigenvalue weighted by Crippen LogP contribution is 2.19. The van der Waals surface area contributed by atoms with Gasteiger partial charge in [-0.2, -0.15) is 8.42 Å². The molecule has 2 rings (SSSR count). The van der Waals surface area contributed by atoms with Crippen molar-refractivity contribution in [3.8, 4) is 5.75 Å². The van der Waals surface area contributed by atoms with Crippen LogP contribution in [0.3, 0.4) is 0 Å². The minimum atomic E-state index is -3.75. The molecule has 0 unspecified atom stereocenters. The normalized spacial score (nSPS) is 11.3. The fourth-order valence-electron chi connectivity index (χ4n) is 1.66. The van der Waals surface area contributed by atoms with Crippen molar-refractivity contribution in [2.75, 3.05) is 0 Å². The molecule has 3 nitrogen and oxygen atoms in total. The summed E-state index contributed by atoms with van der Waals surface area (Å²) in [6, 6.07) is 13.7. The van der Waals surface area contributed by atoms with Gasteiger partial charge in [-0.25, -0.2) is 0 Å². The Morgan fingerprint density at radius 1 is 0.947 bits per heavy atom. The first kappa shape index (κ1) is 13.6. The van der Waals surface area contributed by atoms with E-state index in [2.05, 4.69) is 0 Å². The second kappa shape index (κ2) is 5.45. The molecule has 4 heteroatoms. The van der Waals surface area contributed by atoms with Crippen molar-refractivity contribution in [2.24, 2.45) is 0 Å². The minimum absolute atomic E-state index is 0.165. The van der Waals surface area contributed by atoms with Crippen molar-refractivity contribution < 1.29 is 12.6 Å². The van der Waals surface area contributed by atoms with Crippen molar-refractivity contribution in [3.05, 3.63) is 59.7 Å². The maximum Gasteiger partial charge on any atom is 0.339 e. The molecular formula is C15H16O3S. The Kier molecular flexibility index (Phi) is 3.90. The summed E-state index contributed by atoms with van der Waals surface area (Å²) in [5.74, 6) is 0.331. The van der Waals surface area contributed by atoms with Crippen LogP contribution in [0.4, 0.5) is 0 Å². The SMILES string of the molecule is CCc1ccc(OS(=O)(=O)c2ccc(C)cc2)cc1. The lowest BCUT2D eigenvalue weighted by Crippen LogP contribution is -2.09. The first-order chi connectivity index (χ1) is 9.01. The number of benzene rings is 2. The fourth-order valence-corrected chi connectivity index (χ4v) is 2.59. The molecule has 0 saturated heterocycles. The number of rotatable bonds is 4. The largest absolute Gasteiger partial charge is 0.379 e. The van der Waals surface area contributed by atoms with Gasteiger partial charge in [0.25, 0.3) is 0 Å². The molecule has 0 heterocycles. The predicted molar refractivity (Wildman–Crippen MR) is 74.8 cm³/mol. The molecule has 0 aliphatic carbocycles. The van der Waals surface area contributed by atoms with E-state index in [0.29, 0.717) is 5.75 Å². The van der Waals surface area contributed by atoms with Crippen molar-refractivity contribution >= 4 is 10.1 Å². The predicted octanol–water partition coefficient (Wildman–Crippen LogP) is 3.33. The van der Waals surface area contributed by atoms with E-state index in [4.69, 9.17) is 4.18 Å². The van der Waals surface area contributed by atoms with E-state index < -0.39 is 10.1 Å². The van der Waals surface area contributed by atoms with Gasteiger partial charge in [-0.15, -0.1) is 0 Å². The lowest BCUT2D eigenvalue weighted by molar-refractivity contribution is 0.486. The molecule has 0 bridgehead atoms. The van der Waals surface area contributed by atoms with Crippen LogP contribution in [0, 0.1) is 6.92 Å². The lowest BCUT2D eigenvalue weighted by atomic mass is 10.2. The van der Waals surface area contributed by atoms with Gasteiger partial charge in [-0.05, 0) is 43.2 Å². The molecule has 19 heavy (non-hydrogen) atoms. The molecule has 0 radical (unpaired) electrons. The Labute approximate surface area is 114 Å². The van der Waals surface area contributed by atoms with Crippen LogP contribution < -0.4 is 4.18 Å². The molecule has 2 aromatic rings. The van der Waals surface area contributed by atoms with Crippen LogP contribution in [0.1, 0.15) is 18.1 Å². The Bertz CT molecular complexity index is 641. The van der Waals surface area contributed by atoms with E-state index in [1.807, 2.05) is 26.0 Å². The second-order valence-electron chi connectivity index (χ2n) is 4.35. The van der Waals surface area contributed by atoms with Crippen LogP contribution in [-0.2, 0) is 16.5 Å². The van der Waals surface area contributed by atoms with Crippen LogP contribution in [0.15, 0.2) is 53.4 Å². The van der Waals surface area contributed by atoms with Crippen LogP contribution in [0.2, 0.25) is 0 Å². The van der Waals surface area contributed by atoms with Crippen molar-refractivity contribution in [1.29, 1.82) is 0 Å². The summed E-state index contributed by atoms with van der Waals surface area (Å²) in [4.78, 5) is 0.165. The van der Waals surface area contributed by atoms with Gasteiger partial charge >= 0.3 is 10.1 Å². The quantitative estimate of drug-likeness (QED) is 0.804. The summed E-state index contributed by atoms with van der Waals surface area (Å²) in [7, 11) is -3.75. The average Bonchev–Trinajstić information content (AvgIpc) is 2.40. The van der Waals surface area contributed by atoms with Crippen LogP contribution in [0.25, 0.3) is 0 Å². The maximum absolute atomic E-state index is 12.0. The Morgan fingerprint density at radius 2 is 1.53 bits per heavy atom.